The molecule has 6 nitrogen and oxygen atoms in total. The molecule has 5 rings (SSSR count). The van der Waals surface area contributed by atoms with Crippen molar-refractivity contribution in [2.45, 2.75) is 76.1 Å². The number of alkyl halides is 6. The summed E-state index contributed by atoms with van der Waals surface area (Å²) < 4.78 is 95.2. The van der Waals surface area contributed by atoms with E-state index in [1.807, 2.05) is 4.90 Å². The number of urea groups is 1. The van der Waals surface area contributed by atoms with E-state index < -0.39 is 47.4 Å². The Morgan fingerprint density at radius 2 is 1.58 bits per heavy atom. The third-order valence-corrected chi connectivity index (χ3v) is 9.43. The highest BCUT2D eigenvalue weighted by molar-refractivity contribution is 5.85. The van der Waals surface area contributed by atoms with Crippen LogP contribution in [0.3, 0.4) is 0 Å². The number of piperazine rings is 1. The molecule has 3 aliphatic heterocycles. The van der Waals surface area contributed by atoms with E-state index >= 15 is 0 Å². The van der Waals surface area contributed by atoms with Crippen molar-refractivity contribution in [3.63, 3.8) is 0 Å². The van der Waals surface area contributed by atoms with Crippen LogP contribution in [0.4, 0.5) is 35.5 Å². The summed E-state index contributed by atoms with van der Waals surface area (Å²) in [6, 6.07) is 3.68. The Labute approximate surface area is 263 Å². The molecule has 4 atom stereocenters. The van der Waals surface area contributed by atoms with Gasteiger partial charge in [-0.15, -0.1) is 12.4 Å². The highest BCUT2D eigenvalue weighted by atomic mass is 35.5. The molecule has 3 amide bonds. The second kappa shape index (κ2) is 13.0. The fourth-order valence-corrected chi connectivity index (χ4v) is 6.85. The zero-order valence-corrected chi connectivity index (χ0v) is 25.9. The van der Waals surface area contributed by atoms with Crippen molar-refractivity contribution in [1.82, 2.24) is 19.6 Å². The molecule has 0 saturated carbocycles. The number of rotatable bonds is 4. The summed E-state index contributed by atoms with van der Waals surface area (Å²) in [6.07, 6.45) is -7.60. The minimum Gasteiger partial charge on any atom is -0.337 e. The normalized spacial score (nSPS) is 23.4. The Morgan fingerprint density at radius 1 is 0.933 bits per heavy atom. The van der Waals surface area contributed by atoms with Crippen LogP contribution in [0.25, 0.3) is 0 Å². The molecule has 45 heavy (non-hydrogen) atoms. The number of benzene rings is 2. The minimum atomic E-state index is -5.01. The predicted molar refractivity (Wildman–Crippen MR) is 155 cm³/mol. The van der Waals surface area contributed by atoms with Crippen LogP contribution < -0.4 is 0 Å². The number of fused-ring (bicyclic) bond motifs is 1. The van der Waals surface area contributed by atoms with E-state index in [9.17, 15) is 40.3 Å². The maximum atomic E-state index is 14.1. The van der Waals surface area contributed by atoms with Gasteiger partial charge >= 0.3 is 18.4 Å². The van der Waals surface area contributed by atoms with E-state index in [1.165, 1.54) is 26.1 Å². The first-order valence-electron chi connectivity index (χ1n) is 14.7. The lowest BCUT2D eigenvalue weighted by atomic mass is 9.88. The molecule has 2 aromatic carbocycles. The smallest absolute Gasteiger partial charge is 0.337 e. The number of nitrogens with zero attached hydrogens (tertiary/aromatic N) is 4. The van der Waals surface area contributed by atoms with E-state index in [1.54, 1.807) is 17.9 Å². The lowest BCUT2D eigenvalue weighted by molar-refractivity contribution is -0.143. The van der Waals surface area contributed by atoms with Gasteiger partial charge in [0.05, 0.1) is 23.2 Å². The first-order valence-corrected chi connectivity index (χ1v) is 14.7. The Balaban J connectivity index is 0.00000461. The van der Waals surface area contributed by atoms with Crippen LogP contribution in [0, 0.1) is 12.7 Å². The van der Waals surface area contributed by atoms with Crippen molar-refractivity contribution in [2.24, 2.45) is 0 Å². The molecule has 3 saturated heterocycles. The van der Waals surface area contributed by atoms with Gasteiger partial charge in [0.15, 0.2) is 0 Å². The van der Waals surface area contributed by atoms with Gasteiger partial charge in [-0.25, -0.2) is 9.18 Å². The number of hydrogen-bond acceptors (Lipinski definition) is 3. The van der Waals surface area contributed by atoms with Gasteiger partial charge in [-0.05, 0) is 80.1 Å². The monoisotopic (exact) mass is 664 g/mol. The molecule has 14 heteroatoms. The quantitative estimate of drug-likeness (QED) is 0.325. The topological polar surface area (TPSA) is 47.1 Å². The third-order valence-electron chi connectivity index (χ3n) is 9.43. The van der Waals surface area contributed by atoms with Gasteiger partial charge in [0.1, 0.15) is 5.82 Å². The summed E-state index contributed by atoms with van der Waals surface area (Å²) in [4.78, 5) is 33.2. The van der Waals surface area contributed by atoms with Gasteiger partial charge in [-0.3, -0.25) is 9.69 Å². The minimum absolute atomic E-state index is 0. The summed E-state index contributed by atoms with van der Waals surface area (Å²) in [5.41, 5.74) is -1.84. The van der Waals surface area contributed by atoms with Crippen LogP contribution in [-0.2, 0) is 17.1 Å². The van der Waals surface area contributed by atoms with E-state index in [2.05, 4.69) is 4.90 Å². The summed E-state index contributed by atoms with van der Waals surface area (Å²) in [5.74, 6) is -0.274. The molecule has 0 spiro atoms. The Morgan fingerprint density at radius 3 is 2.18 bits per heavy atom. The number of amides is 3. The standard InChI is InChI=1S/C31H35F7N4O2.ClH/c1-18-12-23(32)4-6-26(18)27-16-24(40-10-11-41-25(17-40)5-7-28(41)43)8-9-42(27)29(44)39(3)19(2)20-13-21(30(33,34)35)15-22(14-20)31(36,37)38;/h4,6,12-15,19,24-25,27H,5,7-11,16-17H2,1-3H3;1H/t19-,24+,25+,27?;/m1./s1. The fraction of sp³-hybridized carbons (Fsp3) is 0.548. The molecule has 0 aromatic heterocycles. The fourth-order valence-electron chi connectivity index (χ4n) is 6.85. The zero-order valence-electron chi connectivity index (χ0n) is 25.1. The summed E-state index contributed by atoms with van der Waals surface area (Å²) >= 11 is 0. The molecule has 3 aliphatic rings. The van der Waals surface area contributed by atoms with Crippen molar-refractivity contribution in [3.8, 4) is 0 Å². The highest BCUT2D eigenvalue weighted by Crippen LogP contribution is 2.40. The maximum Gasteiger partial charge on any atom is 0.416 e. The SMILES string of the molecule is Cc1cc(F)ccc1C1C[C@@H](N2CCN3C(=O)CC[C@H]3C2)CCN1C(=O)N(C)[C@H](C)c1cc(C(F)(F)F)cc(C(F)(F)F)c1.Cl. The lowest BCUT2D eigenvalue weighted by Gasteiger charge is -2.48. The maximum absolute atomic E-state index is 14.1. The molecule has 0 aliphatic carbocycles. The molecule has 2 aromatic rings. The van der Waals surface area contributed by atoms with Gasteiger partial charge in [0.2, 0.25) is 5.91 Å². The van der Waals surface area contributed by atoms with Crippen LogP contribution in [-0.4, -0.2) is 76.8 Å². The van der Waals surface area contributed by atoms with Crippen LogP contribution in [0.2, 0.25) is 0 Å². The van der Waals surface area contributed by atoms with Crippen molar-refractivity contribution in [1.29, 1.82) is 0 Å². The molecule has 0 N–H and O–H groups in total. The zero-order chi connectivity index (χ0) is 32.1. The molecule has 248 valence electrons. The van der Waals surface area contributed by atoms with Gasteiger partial charge < -0.3 is 14.7 Å². The average molecular weight is 665 g/mol. The van der Waals surface area contributed by atoms with Crippen molar-refractivity contribution >= 4 is 24.3 Å². The van der Waals surface area contributed by atoms with Crippen molar-refractivity contribution < 1.29 is 40.3 Å². The van der Waals surface area contributed by atoms with Gasteiger partial charge in [-0.1, -0.05) is 6.07 Å². The van der Waals surface area contributed by atoms with Crippen LogP contribution >= 0.6 is 12.4 Å². The molecule has 3 fully saturated rings. The van der Waals surface area contributed by atoms with Crippen molar-refractivity contribution in [3.05, 3.63) is 70.0 Å². The number of halogens is 8. The first-order chi connectivity index (χ1) is 20.5. The number of carbonyl (C=O) groups excluding carboxylic acids is 2. The second-order valence-corrected chi connectivity index (χ2v) is 12.1. The number of hydrogen-bond donors (Lipinski definition) is 0. The Hall–Kier alpha value is -3.06. The molecule has 1 unspecified atom stereocenters. The van der Waals surface area contributed by atoms with Crippen LogP contribution in [0.15, 0.2) is 36.4 Å². The second-order valence-electron chi connectivity index (χ2n) is 12.1. The number of likely N-dealkylation sites (tertiary alicyclic amines) is 1. The van der Waals surface area contributed by atoms with E-state index in [4.69, 9.17) is 0 Å². The van der Waals surface area contributed by atoms with Gasteiger partial charge in [-0.2, -0.15) is 26.3 Å². The number of aryl methyl sites for hydroxylation is 1. The molecular formula is C31H36ClF7N4O2. The van der Waals surface area contributed by atoms with Gasteiger partial charge in [0, 0.05) is 51.7 Å². The highest BCUT2D eigenvalue weighted by Gasteiger charge is 2.43. The van der Waals surface area contributed by atoms with Crippen molar-refractivity contribution in [2.75, 3.05) is 33.2 Å². The lowest BCUT2D eigenvalue weighted by Crippen LogP contribution is -2.57. The summed E-state index contributed by atoms with van der Waals surface area (Å²) in [7, 11) is 1.36. The van der Waals surface area contributed by atoms with Crippen LogP contribution in [0.5, 0.6) is 0 Å². The number of carbonyl (C=O) groups is 2. The number of piperidine rings is 1. The molecule has 0 radical (unpaired) electrons. The van der Waals surface area contributed by atoms with E-state index in [-0.39, 0.29) is 48.6 Å². The third kappa shape index (κ3) is 7.19. The van der Waals surface area contributed by atoms with Gasteiger partial charge in [0.25, 0.3) is 0 Å². The summed E-state index contributed by atoms with van der Waals surface area (Å²) in [6.45, 7) is 5.43. The van der Waals surface area contributed by atoms with E-state index in [0.29, 0.717) is 56.6 Å². The Kier molecular flexibility index (Phi) is 10.0. The summed E-state index contributed by atoms with van der Waals surface area (Å²) in [5, 5.41) is 0. The average Bonchev–Trinajstić information content (AvgIpc) is 3.34. The first kappa shape index (κ1) is 34.8. The van der Waals surface area contributed by atoms with Crippen LogP contribution in [0.1, 0.15) is 72.5 Å². The Bertz CT molecular complexity index is 1390. The molecular weight excluding hydrogens is 629 g/mol. The van der Waals surface area contributed by atoms with E-state index in [0.717, 1.165) is 16.9 Å². The molecule has 0 bridgehead atoms. The molecule has 3 heterocycles. The predicted octanol–water partition coefficient (Wildman–Crippen LogP) is 7.22. The largest absolute Gasteiger partial charge is 0.416 e.